The maximum absolute atomic E-state index is 5.93. The van der Waals surface area contributed by atoms with E-state index in [-0.39, 0.29) is 6.10 Å². The minimum atomic E-state index is 0.285. The fourth-order valence-corrected chi connectivity index (χ4v) is 2.75. The molecule has 0 spiro atoms. The molecule has 1 saturated heterocycles. The molecule has 3 rings (SSSR count). The minimum Gasteiger partial charge on any atom is -0.487 e. The van der Waals surface area contributed by atoms with Gasteiger partial charge in [0.2, 0.25) is 0 Å². The summed E-state index contributed by atoms with van der Waals surface area (Å²) in [5.74, 6) is 1.52. The monoisotopic (exact) mass is 336 g/mol. The molecule has 1 aromatic heterocycles. The molecule has 0 unspecified atom stereocenters. The zero-order valence-corrected chi connectivity index (χ0v) is 13.1. The molecule has 106 valence electrons. The molecule has 1 aliphatic heterocycles. The number of anilines is 1. The summed E-state index contributed by atoms with van der Waals surface area (Å²) in [5, 5.41) is 4.37. The minimum absolute atomic E-state index is 0.285. The van der Waals surface area contributed by atoms with Crippen molar-refractivity contribution in [3.8, 4) is 17.0 Å². The van der Waals surface area contributed by atoms with Gasteiger partial charge in [-0.3, -0.25) is 9.58 Å². The van der Waals surface area contributed by atoms with Gasteiger partial charge >= 0.3 is 0 Å². The molecule has 0 atom stereocenters. The lowest BCUT2D eigenvalue weighted by molar-refractivity contribution is 0.0383. The Labute approximate surface area is 126 Å². The molecule has 1 aliphatic rings. The molecule has 5 nitrogen and oxygen atoms in total. The Morgan fingerprint density at radius 2 is 2.05 bits per heavy atom. The Bertz CT molecular complexity index is 615. The van der Waals surface area contributed by atoms with Crippen molar-refractivity contribution in [1.29, 1.82) is 0 Å². The van der Waals surface area contributed by atoms with Crippen molar-refractivity contribution >= 4 is 21.7 Å². The first kappa shape index (κ1) is 13.5. The van der Waals surface area contributed by atoms with Gasteiger partial charge in [-0.05, 0) is 41.2 Å². The third-order valence-corrected chi connectivity index (χ3v) is 4.09. The van der Waals surface area contributed by atoms with Crippen LogP contribution >= 0.6 is 15.9 Å². The lowest BCUT2D eigenvalue weighted by atomic mass is 10.1. The van der Waals surface area contributed by atoms with Crippen molar-refractivity contribution in [2.75, 3.05) is 25.9 Å². The predicted octanol–water partition coefficient (Wildman–Crippen LogP) is 2.12. The molecule has 1 fully saturated rings. The van der Waals surface area contributed by atoms with Crippen LogP contribution in [0.1, 0.15) is 0 Å². The number of ether oxygens (including phenoxy) is 1. The molecule has 2 N–H and O–H groups in total. The number of aryl methyl sites for hydroxylation is 1. The Balaban J connectivity index is 1.80. The number of rotatable bonds is 3. The van der Waals surface area contributed by atoms with Crippen LogP contribution in [0.15, 0.2) is 28.7 Å². The molecule has 1 aromatic carbocycles. The van der Waals surface area contributed by atoms with E-state index < -0.39 is 0 Å². The standard InChI is InChI=1S/C14H17BrN4O/c1-18-7-10(8-18)20-13-4-3-9(5-11(13)15)12-6-14(16)19(2)17-12/h3-6,10H,7-8,16H2,1-2H3. The van der Waals surface area contributed by atoms with Gasteiger partial charge in [-0.2, -0.15) is 5.10 Å². The second-order valence-electron chi connectivity index (χ2n) is 5.18. The van der Waals surface area contributed by atoms with E-state index in [0.29, 0.717) is 5.82 Å². The number of hydrogen-bond acceptors (Lipinski definition) is 4. The van der Waals surface area contributed by atoms with Gasteiger partial charge in [0.1, 0.15) is 17.7 Å². The second-order valence-corrected chi connectivity index (χ2v) is 6.04. The van der Waals surface area contributed by atoms with Gasteiger partial charge in [0.25, 0.3) is 0 Å². The Morgan fingerprint density at radius 1 is 1.30 bits per heavy atom. The van der Waals surface area contributed by atoms with Crippen LogP contribution in [0.3, 0.4) is 0 Å². The van der Waals surface area contributed by atoms with Gasteiger partial charge in [-0.25, -0.2) is 0 Å². The Kier molecular flexibility index (Phi) is 3.43. The second kappa shape index (κ2) is 5.10. The molecule has 6 heteroatoms. The summed E-state index contributed by atoms with van der Waals surface area (Å²) in [4.78, 5) is 2.23. The summed E-state index contributed by atoms with van der Waals surface area (Å²) in [7, 11) is 3.92. The third-order valence-electron chi connectivity index (χ3n) is 3.47. The van der Waals surface area contributed by atoms with E-state index in [0.717, 1.165) is 34.6 Å². The maximum atomic E-state index is 5.93. The van der Waals surface area contributed by atoms with E-state index in [1.807, 2.05) is 31.3 Å². The molecular formula is C14H17BrN4O. The van der Waals surface area contributed by atoms with E-state index in [4.69, 9.17) is 10.5 Å². The van der Waals surface area contributed by atoms with Crippen LogP contribution in [0.2, 0.25) is 0 Å². The fraction of sp³-hybridized carbons (Fsp3) is 0.357. The van der Waals surface area contributed by atoms with Crippen LogP contribution in [0.4, 0.5) is 5.82 Å². The number of nitrogens with zero attached hydrogens (tertiary/aromatic N) is 3. The molecule has 0 aliphatic carbocycles. The Morgan fingerprint density at radius 3 is 2.60 bits per heavy atom. The quantitative estimate of drug-likeness (QED) is 0.932. The first-order valence-corrected chi connectivity index (χ1v) is 7.27. The van der Waals surface area contributed by atoms with Gasteiger partial charge in [0.15, 0.2) is 0 Å². The van der Waals surface area contributed by atoms with E-state index >= 15 is 0 Å². The molecule has 0 bridgehead atoms. The predicted molar refractivity (Wildman–Crippen MR) is 82.7 cm³/mol. The molecule has 2 aromatic rings. The number of benzene rings is 1. The first-order chi connectivity index (χ1) is 9.52. The highest BCUT2D eigenvalue weighted by molar-refractivity contribution is 9.10. The van der Waals surface area contributed by atoms with Crippen molar-refractivity contribution in [3.63, 3.8) is 0 Å². The van der Waals surface area contributed by atoms with Gasteiger partial charge in [-0.15, -0.1) is 0 Å². The maximum Gasteiger partial charge on any atom is 0.134 e. The number of hydrogen-bond donors (Lipinski definition) is 1. The van der Waals surface area contributed by atoms with Gasteiger partial charge in [0, 0.05) is 31.8 Å². The summed E-state index contributed by atoms with van der Waals surface area (Å²) in [6.07, 6.45) is 0.285. The van der Waals surface area contributed by atoms with Crippen molar-refractivity contribution in [2.45, 2.75) is 6.10 Å². The van der Waals surface area contributed by atoms with E-state index in [1.54, 1.807) is 4.68 Å². The average molecular weight is 337 g/mol. The van der Waals surface area contributed by atoms with Crippen molar-refractivity contribution < 1.29 is 4.74 Å². The summed E-state index contributed by atoms with van der Waals surface area (Å²) in [6, 6.07) is 7.86. The summed E-state index contributed by atoms with van der Waals surface area (Å²) in [6.45, 7) is 1.95. The number of likely N-dealkylation sites (N-methyl/N-ethyl adjacent to an activating group) is 1. The largest absolute Gasteiger partial charge is 0.487 e. The van der Waals surface area contributed by atoms with Gasteiger partial charge < -0.3 is 10.5 Å². The molecule has 2 heterocycles. The molecule has 0 saturated carbocycles. The van der Waals surface area contributed by atoms with E-state index in [2.05, 4.69) is 33.0 Å². The van der Waals surface area contributed by atoms with Crippen LogP contribution in [0.25, 0.3) is 11.3 Å². The lowest BCUT2D eigenvalue weighted by Crippen LogP contribution is -2.51. The number of nitrogen functional groups attached to an aromatic ring is 1. The van der Waals surface area contributed by atoms with E-state index in [9.17, 15) is 0 Å². The summed E-state index contributed by atoms with van der Waals surface area (Å²) < 4.78 is 8.54. The van der Waals surface area contributed by atoms with Crippen LogP contribution in [0, 0.1) is 0 Å². The van der Waals surface area contributed by atoms with E-state index in [1.165, 1.54) is 0 Å². The van der Waals surface area contributed by atoms with Gasteiger partial charge in [-0.1, -0.05) is 0 Å². The first-order valence-electron chi connectivity index (χ1n) is 6.47. The third kappa shape index (κ3) is 2.53. The average Bonchev–Trinajstić information content (AvgIpc) is 2.70. The van der Waals surface area contributed by atoms with Gasteiger partial charge in [0.05, 0.1) is 10.2 Å². The lowest BCUT2D eigenvalue weighted by Gasteiger charge is -2.36. The number of aromatic nitrogens is 2. The summed E-state index contributed by atoms with van der Waals surface area (Å²) >= 11 is 3.56. The number of halogens is 1. The summed E-state index contributed by atoms with van der Waals surface area (Å²) in [5.41, 5.74) is 7.69. The zero-order valence-electron chi connectivity index (χ0n) is 11.5. The van der Waals surface area contributed by atoms with Crippen LogP contribution in [-0.2, 0) is 7.05 Å². The molecule has 0 radical (unpaired) electrons. The highest BCUT2D eigenvalue weighted by Crippen LogP contribution is 2.32. The normalized spacial score (nSPS) is 16.1. The van der Waals surface area contributed by atoms with Crippen LogP contribution in [0.5, 0.6) is 5.75 Å². The SMILES string of the molecule is CN1CC(Oc2ccc(-c3cc(N)n(C)n3)cc2Br)C1. The van der Waals surface area contributed by atoms with Crippen molar-refractivity contribution in [1.82, 2.24) is 14.7 Å². The topological polar surface area (TPSA) is 56.3 Å². The zero-order chi connectivity index (χ0) is 14.3. The van der Waals surface area contributed by atoms with Crippen LogP contribution < -0.4 is 10.5 Å². The van der Waals surface area contributed by atoms with Crippen molar-refractivity contribution in [2.24, 2.45) is 7.05 Å². The molecule has 0 amide bonds. The fourth-order valence-electron chi connectivity index (χ4n) is 2.27. The molecule has 20 heavy (non-hydrogen) atoms. The smallest absolute Gasteiger partial charge is 0.134 e. The highest BCUT2D eigenvalue weighted by atomic mass is 79.9. The Hall–Kier alpha value is -1.53. The highest BCUT2D eigenvalue weighted by Gasteiger charge is 2.25. The molecular weight excluding hydrogens is 320 g/mol. The number of nitrogens with two attached hydrogens (primary N) is 1. The number of likely N-dealkylation sites (tertiary alicyclic amines) is 1. The van der Waals surface area contributed by atoms with Crippen LogP contribution in [-0.4, -0.2) is 40.9 Å². The van der Waals surface area contributed by atoms with Crippen molar-refractivity contribution in [3.05, 3.63) is 28.7 Å².